The molecule has 2 amide bonds. The fourth-order valence-corrected chi connectivity index (χ4v) is 3.46. The zero-order valence-electron chi connectivity index (χ0n) is 17.7. The van der Waals surface area contributed by atoms with Gasteiger partial charge in [0.25, 0.3) is 5.56 Å². The highest BCUT2D eigenvalue weighted by molar-refractivity contribution is 5.70. The average Bonchev–Trinajstić information content (AvgIpc) is 2.65. The molecule has 0 atom stereocenters. The molecule has 4 N–H and O–H groups in total. The first-order chi connectivity index (χ1) is 14.2. The average molecular weight is 418 g/mol. The van der Waals surface area contributed by atoms with E-state index in [1.165, 1.54) is 4.57 Å². The van der Waals surface area contributed by atoms with Gasteiger partial charge in [-0.1, -0.05) is 36.2 Å². The van der Waals surface area contributed by atoms with Crippen molar-refractivity contribution in [3.63, 3.8) is 0 Å². The summed E-state index contributed by atoms with van der Waals surface area (Å²) in [7, 11) is 0. The van der Waals surface area contributed by atoms with Crippen LogP contribution >= 0.6 is 0 Å². The zero-order chi connectivity index (χ0) is 22.3. The number of hydrogen-bond acceptors (Lipinski definition) is 5. The lowest BCUT2D eigenvalue weighted by Gasteiger charge is -2.17. The highest BCUT2D eigenvalue weighted by Gasteiger charge is 2.15. The van der Waals surface area contributed by atoms with E-state index in [9.17, 15) is 19.6 Å². The summed E-state index contributed by atoms with van der Waals surface area (Å²) in [5, 5.41) is 9.68. The first-order valence-electron chi connectivity index (χ1n) is 9.98. The summed E-state index contributed by atoms with van der Waals surface area (Å²) in [4.78, 5) is 37.9. The van der Waals surface area contributed by atoms with E-state index >= 15 is 0 Å². The van der Waals surface area contributed by atoms with Gasteiger partial charge < -0.3 is 10.5 Å². The molecule has 2 rings (SSSR count). The molecule has 0 spiro atoms. The van der Waals surface area contributed by atoms with Crippen molar-refractivity contribution in [2.24, 2.45) is 5.73 Å². The van der Waals surface area contributed by atoms with Crippen LogP contribution in [0.1, 0.15) is 47.7 Å². The van der Waals surface area contributed by atoms with E-state index in [1.54, 1.807) is 0 Å². The van der Waals surface area contributed by atoms with Crippen LogP contribution in [-0.2, 0) is 24.3 Å². The summed E-state index contributed by atoms with van der Waals surface area (Å²) in [6.07, 6.45) is 2.01. The minimum atomic E-state index is -0.904. The summed E-state index contributed by atoms with van der Waals surface area (Å²) >= 11 is 0. The number of primary amides is 1. The summed E-state index contributed by atoms with van der Waals surface area (Å²) in [6.45, 7) is 6.33. The second kappa shape index (κ2) is 10.7. The molecule has 0 unspecified atom stereocenters. The molecule has 0 fully saturated rings. The minimum absolute atomic E-state index is 0.00139. The van der Waals surface area contributed by atoms with E-state index in [0.717, 1.165) is 16.7 Å². The Hall–Kier alpha value is -2.91. The molecule has 0 aliphatic rings. The number of nitrogens with two attached hydrogens (primary N) is 1. The van der Waals surface area contributed by atoms with Crippen LogP contribution in [0.5, 0.6) is 0 Å². The van der Waals surface area contributed by atoms with E-state index < -0.39 is 11.7 Å². The lowest BCUT2D eigenvalue weighted by molar-refractivity contribution is -0.0419. The van der Waals surface area contributed by atoms with Crippen molar-refractivity contribution in [2.75, 3.05) is 13.2 Å². The Morgan fingerprint density at radius 3 is 2.47 bits per heavy atom. The molecule has 0 saturated carbocycles. The molecule has 0 aliphatic heterocycles. The smallest absolute Gasteiger partial charge is 0.338 e. The minimum Gasteiger partial charge on any atom is -0.361 e. The van der Waals surface area contributed by atoms with Crippen molar-refractivity contribution in [3.8, 4) is 0 Å². The molecule has 0 aliphatic carbocycles. The SMILES string of the molecule is CCc1c(Cc2cc(C)cc(C)c2)n(COCCCCN(O)C(N)=O)c(=O)[nH]c1=O. The largest absolute Gasteiger partial charge is 0.361 e. The van der Waals surface area contributed by atoms with E-state index in [4.69, 9.17) is 10.5 Å². The third-order valence-electron chi connectivity index (χ3n) is 4.80. The number of aromatic nitrogens is 2. The van der Waals surface area contributed by atoms with Crippen molar-refractivity contribution >= 4 is 6.03 Å². The molecule has 0 bridgehead atoms. The van der Waals surface area contributed by atoms with E-state index in [1.807, 2.05) is 32.9 Å². The van der Waals surface area contributed by atoms with Gasteiger partial charge in [0.05, 0.1) is 6.54 Å². The molecule has 2 aromatic rings. The molecule has 9 heteroatoms. The van der Waals surface area contributed by atoms with Crippen molar-refractivity contribution in [2.45, 2.75) is 53.2 Å². The van der Waals surface area contributed by atoms with E-state index in [-0.39, 0.29) is 18.8 Å². The number of rotatable bonds is 10. The van der Waals surface area contributed by atoms with Crippen molar-refractivity contribution < 1.29 is 14.7 Å². The van der Waals surface area contributed by atoms with Gasteiger partial charge in [-0.15, -0.1) is 0 Å². The number of urea groups is 1. The Morgan fingerprint density at radius 2 is 1.87 bits per heavy atom. The Labute approximate surface area is 175 Å². The zero-order valence-corrected chi connectivity index (χ0v) is 17.7. The fraction of sp³-hybridized carbons (Fsp3) is 0.476. The number of carbonyl (C=O) groups is 1. The number of benzene rings is 1. The van der Waals surface area contributed by atoms with Crippen LogP contribution in [0.2, 0.25) is 0 Å². The predicted molar refractivity (Wildman–Crippen MR) is 113 cm³/mol. The Kier molecular flexibility index (Phi) is 8.37. The Bertz CT molecular complexity index is 976. The van der Waals surface area contributed by atoms with Gasteiger partial charge in [-0.25, -0.2) is 14.7 Å². The molecule has 0 radical (unpaired) electrons. The highest BCUT2D eigenvalue weighted by atomic mass is 16.5. The number of amides is 2. The van der Waals surface area contributed by atoms with E-state index in [0.29, 0.717) is 48.6 Å². The van der Waals surface area contributed by atoms with Crippen LogP contribution < -0.4 is 17.0 Å². The molecular formula is C21H30N4O5. The fourth-order valence-electron chi connectivity index (χ4n) is 3.46. The molecule has 9 nitrogen and oxygen atoms in total. The molecule has 30 heavy (non-hydrogen) atoms. The summed E-state index contributed by atoms with van der Waals surface area (Å²) < 4.78 is 7.09. The van der Waals surface area contributed by atoms with Gasteiger partial charge in [-0.05, 0) is 38.7 Å². The molecule has 1 heterocycles. The first kappa shape index (κ1) is 23.4. The quantitative estimate of drug-likeness (QED) is 0.308. The van der Waals surface area contributed by atoms with Crippen molar-refractivity contribution in [3.05, 3.63) is 67.0 Å². The van der Waals surface area contributed by atoms with Crippen LogP contribution in [0.25, 0.3) is 0 Å². The van der Waals surface area contributed by atoms with Gasteiger partial charge in [0, 0.05) is 24.3 Å². The Balaban J connectivity index is 2.15. The number of nitrogens with zero attached hydrogens (tertiary/aromatic N) is 2. The number of carbonyl (C=O) groups excluding carboxylic acids is 1. The number of aryl methyl sites for hydroxylation is 2. The highest BCUT2D eigenvalue weighted by Crippen LogP contribution is 2.15. The van der Waals surface area contributed by atoms with Gasteiger partial charge in [0.2, 0.25) is 0 Å². The second-order valence-electron chi connectivity index (χ2n) is 7.34. The monoisotopic (exact) mass is 418 g/mol. The number of unbranched alkanes of at least 4 members (excludes halogenated alkanes) is 1. The maximum Gasteiger partial charge on any atom is 0.338 e. The summed E-state index contributed by atoms with van der Waals surface area (Å²) in [5.41, 5.74) is 8.54. The van der Waals surface area contributed by atoms with Gasteiger partial charge in [-0.3, -0.25) is 19.6 Å². The number of aromatic amines is 1. The van der Waals surface area contributed by atoms with Crippen molar-refractivity contribution in [1.29, 1.82) is 0 Å². The summed E-state index contributed by atoms with van der Waals surface area (Å²) in [6, 6.07) is 5.26. The van der Waals surface area contributed by atoms with Crippen LogP contribution in [0.15, 0.2) is 27.8 Å². The maximum absolute atomic E-state index is 12.5. The molecule has 1 aromatic heterocycles. The molecule has 0 saturated heterocycles. The predicted octanol–water partition coefficient (Wildman–Crippen LogP) is 1.83. The lowest BCUT2D eigenvalue weighted by Crippen LogP contribution is -2.36. The van der Waals surface area contributed by atoms with E-state index in [2.05, 4.69) is 11.1 Å². The molecular weight excluding hydrogens is 388 g/mol. The summed E-state index contributed by atoms with van der Waals surface area (Å²) in [5.74, 6) is 0. The second-order valence-corrected chi connectivity index (χ2v) is 7.34. The van der Waals surface area contributed by atoms with Crippen LogP contribution in [0.4, 0.5) is 4.79 Å². The van der Waals surface area contributed by atoms with Crippen LogP contribution in [0.3, 0.4) is 0 Å². The van der Waals surface area contributed by atoms with Crippen molar-refractivity contribution in [1.82, 2.24) is 14.6 Å². The van der Waals surface area contributed by atoms with Gasteiger partial charge in [0.15, 0.2) is 0 Å². The molecule has 164 valence electrons. The van der Waals surface area contributed by atoms with Crippen LogP contribution in [0, 0.1) is 13.8 Å². The Morgan fingerprint density at radius 1 is 1.20 bits per heavy atom. The van der Waals surface area contributed by atoms with Crippen LogP contribution in [-0.4, -0.2) is 39.0 Å². The van der Waals surface area contributed by atoms with Gasteiger partial charge in [0.1, 0.15) is 6.73 Å². The number of H-pyrrole nitrogens is 1. The number of hydroxylamine groups is 2. The number of ether oxygens (including phenoxy) is 1. The lowest BCUT2D eigenvalue weighted by atomic mass is 10.0. The third kappa shape index (κ3) is 6.30. The molecule has 1 aromatic carbocycles. The first-order valence-corrected chi connectivity index (χ1v) is 9.98. The standard InChI is InChI=1S/C21H30N4O5/c1-4-17-18(12-16-10-14(2)9-15(3)11-16)24(21(28)23-19(17)26)13-30-8-6-5-7-25(29)20(22)27/h9-11,29H,4-8,12-13H2,1-3H3,(H2,22,27)(H,23,26,28). The third-order valence-corrected chi connectivity index (χ3v) is 4.80. The number of hydrogen-bond donors (Lipinski definition) is 3. The number of nitrogens with one attached hydrogen (secondary N) is 1. The van der Waals surface area contributed by atoms with Gasteiger partial charge >= 0.3 is 11.7 Å². The van der Waals surface area contributed by atoms with Gasteiger partial charge in [-0.2, -0.15) is 0 Å². The normalized spacial score (nSPS) is 10.9. The topological polar surface area (TPSA) is 131 Å². The maximum atomic E-state index is 12.5.